The van der Waals surface area contributed by atoms with Crippen LogP contribution in [0.25, 0.3) is 44.3 Å². The van der Waals surface area contributed by atoms with E-state index in [0.29, 0.717) is 11.3 Å². The van der Waals surface area contributed by atoms with Gasteiger partial charge >= 0.3 is 0 Å². The maximum absolute atomic E-state index is 6.44. The van der Waals surface area contributed by atoms with Crippen molar-refractivity contribution in [2.24, 2.45) is 5.41 Å². The van der Waals surface area contributed by atoms with Gasteiger partial charge in [-0.1, -0.05) is 71.0 Å². The first-order valence-corrected chi connectivity index (χ1v) is 13.7. The fourth-order valence-electron chi connectivity index (χ4n) is 6.00. The van der Waals surface area contributed by atoms with E-state index in [1.54, 1.807) is 0 Å². The molecule has 0 bridgehead atoms. The Morgan fingerprint density at radius 2 is 1.59 bits per heavy atom. The third-order valence-electron chi connectivity index (χ3n) is 8.36. The van der Waals surface area contributed by atoms with Gasteiger partial charge < -0.3 is 4.42 Å². The van der Waals surface area contributed by atoms with Crippen molar-refractivity contribution >= 4 is 21.7 Å². The van der Waals surface area contributed by atoms with Crippen LogP contribution in [0.5, 0.6) is 0 Å². The minimum Gasteiger partial charge on any atom is -0.456 e. The summed E-state index contributed by atoms with van der Waals surface area (Å²) >= 11 is 0. The molecule has 2 heterocycles. The highest BCUT2D eigenvalue weighted by molar-refractivity contribution is 5.91. The zero-order valence-electron chi connectivity index (χ0n) is 22.8. The van der Waals surface area contributed by atoms with Crippen molar-refractivity contribution in [2.45, 2.75) is 71.6 Å². The zero-order valence-corrected chi connectivity index (χ0v) is 22.8. The number of benzene rings is 3. The molecule has 0 aliphatic heterocycles. The Hall–Kier alpha value is -3.39. The minimum atomic E-state index is 0.0394. The summed E-state index contributed by atoms with van der Waals surface area (Å²) in [7, 11) is 0. The first-order valence-electron chi connectivity index (χ1n) is 13.7. The number of rotatable bonds is 3. The molecule has 0 unspecified atom stereocenters. The van der Waals surface area contributed by atoms with E-state index in [9.17, 15) is 0 Å². The molecule has 2 nitrogen and oxygen atoms in total. The molecule has 1 saturated carbocycles. The van der Waals surface area contributed by atoms with E-state index >= 15 is 0 Å². The number of hydrogen-bond acceptors (Lipinski definition) is 2. The summed E-state index contributed by atoms with van der Waals surface area (Å²) in [5.74, 6) is 1.54. The number of aromatic nitrogens is 1. The SMILES string of the molecule is CC1(C)CCC(c2ccc3cc(-c4ccnc(-c5cc(C(C)(C)C)c6ccccc6c5)c4)oc3c2)CC1. The third kappa shape index (κ3) is 4.70. The lowest BCUT2D eigenvalue weighted by molar-refractivity contribution is 0.224. The first-order chi connectivity index (χ1) is 17.7. The summed E-state index contributed by atoms with van der Waals surface area (Å²) in [5.41, 5.74) is 7.45. The van der Waals surface area contributed by atoms with Crippen LogP contribution in [-0.2, 0) is 5.41 Å². The van der Waals surface area contributed by atoms with Gasteiger partial charge in [0.2, 0.25) is 0 Å². The summed E-state index contributed by atoms with van der Waals surface area (Å²) in [6, 6.07) is 26.4. The molecule has 6 rings (SSSR count). The van der Waals surface area contributed by atoms with Gasteiger partial charge in [-0.25, -0.2) is 0 Å². The van der Waals surface area contributed by atoms with Gasteiger partial charge in [0.05, 0.1) is 5.69 Å². The number of nitrogens with zero attached hydrogens (tertiary/aromatic N) is 1. The van der Waals surface area contributed by atoms with E-state index in [4.69, 9.17) is 9.40 Å². The van der Waals surface area contributed by atoms with Crippen LogP contribution >= 0.6 is 0 Å². The molecule has 5 aromatic rings. The predicted octanol–water partition coefficient (Wildman–Crippen LogP) is 10.3. The van der Waals surface area contributed by atoms with Gasteiger partial charge in [0.15, 0.2) is 0 Å². The van der Waals surface area contributed by atoms with Crippen LogP contribution in [-0.4, -0.2) is 4.98 Å². The Kier molecular flexibility index (Phi) is 5.75. The van der Waals surface area contributed by atoms with Gasteiger partial charge in [0.1, 0.15) is 11.3 Å². The first kappa shape index (κ1) is 24.0. The standard InChI is InChI=1S/C35H37NO/c1-34(2,3)30-19-28(18-25-8-6-7-9-29(25)30)31-20-27(14-17-36-31)33-22-26-11-10-24(21-32(26)37-33)23-12-15-35(4,5)16-13-23/h6-11,14,17-23H,12-13,15-16H2,1-5H3. The smallest absolute Gasteiger partial charge is 0.135 e. The van der Waals surface area contributed by atoms with E-state index in [1.165, 1.54) is 47.6 Å². The van der Waals surface area contributed by atoms with E-state index in [0.717, 1.165) is 33.6 Å². The summed E-state index contributed by atoms with van der Waals surface area (Å²) in [5, 5.41) is 3.72. The maximum Gasteiger partial charge on any atom is 0.135 e. The van der Waals surface area contributed by atoms with Gasteiger partial charge in [-0.05, 0) is 101 Å². The molecule has 2 heteroatoms. The van der Waals surface area contributed by atoms with E-state index in [1.807, 2.05) is 6.20 Å². The average molecular weight is 488 g/mol. The second-order valence-corrected chi connectivity index (χ2v) is 12.8. The summed E-state index contributed by atoms with van der Waals surface area (Å²) in [6.45, 7) is 11.6. The minimum absolute atomic E-state index is 0.0394. The van der Waals surface area contributed by atoms with Crippen LogP contribution in [0.1, 0.15) is 77.3 Å². The Morgan fingerprint density at radius 1 is 0.811 bits per heavy atom. The molecule has 3 aromatic carbocycles. The summed E-state index contributed by atoms with van der Waals surface area (Å²) < 4.78 is 6.44. The molecule has 188 valence electrons. The van der Waals surface area contributed by atoms with Gasteiger partial charge in [-0.3, -0.25) is 4.98 Å². The van der Waals surface area contributed by atoms with Crippen LogP contribution in [0.2, 0.25) is 0 Å². The Labute approximate surface area is 220 Å². The van der Waals surface area contributed by atoms with Crippen molar-refractivity contribution in [1.82, 2.24) is 4.98 Å². The Bertz CT molecular complexity index is 1590. The van der Waals surface area contributed by atoms with Gasteiger partial charge in [-0.2, -0.15) is 0 Å². The third-order valence-corrected chi connectivity index (χ3v) is 8.36. The van der Waals surface area contributed by atoms with Gasteiger partial charge in [0, 0.05) is 22.7 Å². The molecule has 0 radical (unpaired) electrons. The predicted molar refractivity (Wildman–Crippen MR) is 156 cm³/mol. The van der Waals surface area contributed by atoms with Crippen LogP contribution in [0, 0.1) is 5.41 Å². The average Bonchev–Trinajstić information content (AvgIpc) is 3.31. The van der Waals surface area contributed by atoms with Crippen LogP contribution < -0.4 is 0 Å². The molecule has 0 saturated heterocycles. The second-order valence-electron chi connectivity index (χ2n) is 12.8. The molecule has 0 N–H and O–H groups in total. The van der Waals surface area contributed by atoms with E-state index in [-0.39, 0.29) is 5.41 Å². The van der Waals surface area contributed by atoms with Gasteiger partial charge in [-0.15, -0.1) is 0 Å². The topological polar surface area (TPSA) is 26.0 Å². The highest BCUT2D eigenvalue weighted by atomic mass is 16.3. The van der Waals surface area contributed by atoms with Gasteiger partial charge in [0.25, 0.3) is 0 Å². The summed E-state index contributed by atoms with van der Waals surface area (Å²) in [4.78, 5) is 4.76. The number of pyridine rings is 1. The normalized spacial score (nSPS) is 16.5. The molecule has 1 aliphatic rings. The van der Waals surface area contributed by atoms with Crippen molar-refractivity contribution in [3.63, 3.8) is 0 Å². The molecule has 0 amide bonds. The van der Waals surface area contributed by atoms with E-state index < -0.39 is 0 Å². The number of furan rings is 1. The fraction of sp³-hybridized carbons (Fsp3) is 0.343. The Balaban J connectivity index is 1.35. The quantitative estimate of drug-likeness (QED) is 0.253. The molecule has 2 aromatic heterocycles. The second kappa shape index (κ2) is 8.87. The molecule has 0 spiro atoms. The molecule has 1 aliphatic carbocycles. The van der Waals surface area contributed by atoms with Crippen molar-refractivity contribution in [3.8, 4) is 22.6 Å². The lowest BCUT2D eigenvalue weighted by atomic mass is 9.71. The van der Waals surface area contributed by atoms with Crippen molar-refractivity contribution in [1.29, 1.82) is 0 Å². The molecule has 1 fully saturated rings. The molecular weight excluding hydrogens is 450 g/mol. The van der Waals surface area contributed by atoms with Crippen molar-refractivity contribution in [3.05, 3.63) is 90.1 Å². The molecule has 37 heavy (non-hydrogen) atoms. The van der Waals surface area contributed by atoms with Crippen molar-refractivity contribution in [2.75, 3.05) is 0 Å². The Morgan fingerprint density at radius 3 is 2.38 bits per heavy atom. The summed E-state index contributed by atoms with van der Waals surface area (Å²) in [6.07, 6.45) is 7.03. The molecule has 0 atom stereocenters. The van der Waals surface area contributed by atoms with Crippen LogP contribution in [0.15, 0.2) is 83.4 Å². The fourth-order valence-corrected chi connectivity index (χ4v) is 6.00. The lowest BCUT2D eigenvalue weighted by Gasteiger charge is -2.34. The highest BCUT2D eigenvalue weighted by Crippen LogP contribution is 2.43. The monoisotopic (exact) mass is 487 g/mol. The maximum atomic E-state index is 6.44. The number of hydrogen-bond donors (Lipinski definition) is 0. The largest absolute Gasteiger partial charge is 0.456 e. The van der Waals surface area contributed by atoms with Crippen LogP contribution in [0.3, 0.4) is 0 Å². The molecular formula is C35H37NO. The highest BCUT2D eigenvalue weighted by Gasteiger charge is 2.28. The number of fused-ring (bicyclic) bond motifs is 2. The van der Waals surface area contributed by atoms with E-state index in [2.05, 4.69) is 107 Å². The lowest BCUT2D eigenvalue weighted by Crippen LogP contribution is -2.20. The van der Waals surface area contributed by atoms with Crippen LogP contribution in [0.4, 0.5) is 0 Å². The van der Waals surface area contributed by atoms with Crippen molar-refractivity contribution < 1.29 is 4.42 Å². The zero-order chi connectivity index (χ0) is 25.8.